The molecule has 1 fully saturated rings. The lowest BCUT2D eigenvalue weighted by atomic mass is 10.2. The van der Waals surface area contributed by atoms with E-state index >= 15 is 0 Å². The van der Waals surface area contributed by atoms with Crippen LogP contribution in [0.3, 0.4) is 0 Å². The van der Waals surface area contributed by atoms with E-state index in [2.05, 4.69) is 28.1 Å². The normalized spacial score (nSPS) is 14.9. The van der Waals surface area contributed by atoms with Gasteiger partial charge in [-0.1, -0.05) is 43.2 Å². The number of rotatable bonds is 5. The molecule has 25 heavy (non-hydrogen) atoms. The number of hydrogen-bond acceptors (Lipinski definition) is 2. The first-order chi connectivity index (χ1) is 12.3. The molecule has 4 rings (SSSR count). The summed E-state index contributed by atoms with van der Waals surface area (Å²) < 4.78 is 2.16. The molecule has 4 heteroatoms. The summed E-state index contributed by atoms with van der Waals surface area (Å²) in [6.07, 6.45) is 5.82. The van der Waals surface area contributed by atoms with Crippen LogP contribution in [0.15, 0.2) is 54.6 Å². The molecule has 1 aliphatic rings. The van der Waals surface area contributed by atoms with E-state index in [0.29, 0.717) is 18.9 Å². The van der Waals surface area contributed by atoms with E-state index in [4.69, 9.17) is 4.98 Å². The zero-order valence-electron chi connectivity index (χ0n) is 14.3. The Kier molecular flexibility index (Phi) is 4.51. The Labute approximate surface area is 147 Å². The Balaban J connectivity index is 1.57. The van der Waals surface area contributed by atoms with Gasteiger partial charge in [-0.05, 0) is 37.1 Å². The zero-order valence-corrected chi connectivity index (χ0v) is 14.3. The Morgan fingerprint density at radius 2 is 1.76 bits per heavy atom. The average Bonchev–Trinajstić information content (AvgIpc) is 3.27. The summed E-state index contributed by atoms with van der Waals surface area (Å²) in [7, 11) is 0. The summed E-state index contributed by atoms with van der Waals surface area (Å²) >= 11 is 0. The molecule has 3 aromatic rings. The van der Waals surface area contributed by atoms with Crippen molar-refractivity contribution in [1.29, 1.82) is 0 Å². The first-order valence-corrected chi connectivity index (χ1v) is 9.12. The van der Waals surface area contributed by atoms with Gasteiger partial charge in [0, 0.05) is 24.6 Å². The fourth-order valence-electron chi connectivity index (χ4n) is 3.70. The van der Waals surface area contributed by atoms with Crippen molar-refractivity contribution in [1.82, 2.24) is 14.9 Å². The molecule has 1 heterocycles. The Hall–Kier alpha value is -2.62. The Bertz CT molecular complexity index is 863. The number of hydrogen-bond donors (Lipinski definition) is 1. The molecule has 0 spiro atoms. The second kappa shape index (κ2) is 7.09. The second-order valence-electron chi connectivity index (χ2n) is 6.74. The minimum absolute atomic E-state index is 0.138. The number of aromatic nitrogens is 2. The molecule has 1 aliphatic carbocycles. The van der Waals surface area contributed by atoms with E-state index in [1.807, 2.05) is 36.4 Å². The van der Waals surface area contributed by atoms with Crippen LogP contribution in [-0.2, 0) is 11.2 Å². The molecule has 1 N–H and O–H groups in total. The molecule has 2 aromatic carbocycles. The molecule has 0 atom stereocenters. The van der Waals surface area contributed by atoms with Gasteiger partial charge in [0.05, 0.1) is 11.0 Å². The van der Waals surface area contributed by atoms with Gasteiger partial charge in [0.1, 0.15) is 5.82 Å². The van der Waals surface area contributed by atoms with E-state index in [0.717, 1.165) is 35.4 Å². The van der Waals surface area contributed by atoms with Gasteiger partial charge in [0.15, 0.2) is 0 Å². The van der Waals surface area contributed by atoms with Crippen molar-refractivity contribution in [2.24, 2.45) is 0 Å². The highest BCUT2D eigenvalue weighted by atomic mass is 16.1. The fraction of sp³-hybridized carbons (Fsp3) is 0.333. The van der Waals surface area contributed by atoms with Crippen LogP contribution in [0.5, 0.6) is 0 Å². The molecule has 0 bridgehead atoms. The van der Waals surface area contributed by atoms with E-state index in [1.54, 1.807) is 0 Å². The zero-order chi connectivity index (χ0) is 17.1. The van der Waals surface area contributed by atoms with Crippen LogP contribution in [0, 0.1) is 0 Å². The summed E-state index contributed by atoms with van der Waals surface area (Å²) in [6.45, 7) is 0. The highest BCUT2D eigenvalue weighted by Gasteiger charge is 2.18. The quantitative estimate of drug-likeness (QED) is 0.766. The lowest BCUT2D eigenvalue weighted by molar-refractivity contribution is -0.121. The first kappa shape index (κ1) is 15.9. The number of amides is 1. The molecule has 0 aliphatic heterocycles. The number of carbonyl (C=O) groups excluding carboxylic acids is 1. The molecular weight excluding hydrogens is 310 g/mol. The molecule has 1 amide bonds. The third-order valence-corrected chi connectivity index (χ3v) is 4.94. The second-order valence-corrected chi connectivity index (χ2v) is 6.74. The van der Waals surface area contributed by atoms with Crippen LogP contribution in [-0.4, -0.2) is 21.5 Å². The third kappa shape index (κ3) is 3.43. The van der Waals surface area contributed by atoms with Gasteiger partial charge in [-0.3, -0.25) is 9.36 Å². The van der Waals surface area contributed by atoms with Gasteiger partial charge in [-0.25, -0.2) is 4.98 Å². The summed E-state index contributed by atoms with van der Waals surface area (Å²) in [5.41, 5.74) is 3.14. The molecule has 128 valence electrons. The number of fused-ring (bicyclic) bond motifs is 1. The number of imidazole rings is 1. The van der Waals surface area contributed by atoms with Crippen molar-refractivity contribution in [3.63, 3.8) is 0 Å². The lowest BCUT2D eigenvalue weighted by Gasteiger charge is -2.12. The number of nitrogens with zero attached hydrogens (tertiary/aromatic N) is 2. The summed E-state index contributed by atoms with van der Waals surface area (Å²) in [5.74, 6) is 1.08. The maximum atomic E-state index is 12.3. The van der Waals surface area contributed by atoms with E-state index in [-0.39, 0.29) is 5.91 Å². The van der Waals surface area contributed by atoms with Gasteiger partial charge in [0.2, 0.25) is 5.91 Å². The van der Waals surface area contributed by atoms with Crippen molar-refractivity contribution >= 4 is 16.9 Å². The van der Waals surface area contributed by atoms with Crippen molar-refractivity contribution < 1.29 is 4.79 Å². The molecule has 1 aromatic heterocycles. The van der Waals surface area contributed by atoms with Gasteiger partial charge in [-0.15, -0.1) is 0 Å². The van der Waals surface area contributed by atoms with E-state index < -0.39 is 0 Å². The van der Waals surface area contributed by atoms with Crippen LogP contribution >= 0.6 is 0 Å². The molecule has 0 radical (unpaired) electrons. The van der Waals surface area contributed by atoms with Crippen molar-refractivity contribution in [3.8, 4) is 5.69 Å². The summed E-state index contributed by atoms with van der Waals surface area (Å²) in [4.78, 5) is 17.1. The number of para-hydroxylation sites is 3. The van der Waals surface area contributed by atoms with Gasteiger partial charge >= 0.3 is 0 Å². The highest BCUT2D eigenvalue weighted by molar-refractivity contribution is 5.79. The van der Waals surface area contributed by atoms with Crippen LogP contribution in [0.25, 0.3) is 16.7 Å². The van der Waals surface area contributed by atoms with Crippen LogP contribution in [0.2, 0.25) is 0 Å². The summed E-state index contributed by atoms with van der Waals surface area (Å²) in [5, 5.41) is 3.17. The molecule has 4 nitrogen and oxygen atoms in total. The fourth-order valence-corrected chi connectivity index (χ4v) is 3.70. The smallest absolute Gasteiger partial charge is 0.220 e. The minimum Gasteiger partial charge on any atom is -0.353 e. The van der Waals surface area contributed by atoms with Crippen molar-refractivity contribution in [2.75, 3.05) is 0 Å². The molecule has 0 unspecified atom stereocenters. The van der Waals surface area contributed by atoms with E-state index in [9.17, 15) is 4.79 Å². The number of carbonyl (C=O) groups is 1. The van der Waals surface area contributed by atoms with Gasteiger partial charge in [-0.2, -0.15) is 0 Å². The number of aryl methyl sites for hydroxylation is 1. The average molecular weight is 333 g/mol. The monoisotopic (exact) mass is 333 g/mol. The SMILES string of the molecule is O=C(CCc1nc2ccccc2n1-c1ccccc1)NC1CCCC1. The Morgan fingerprint density at radius 3 is 2.56 bits per heavy atom. The number of benzene rings is 2. The molecular formula is C21H23N3O. The number of nitrogens with one attached hydrogen (secondary N) is 1. The van der Waals surface area contributed by atoms with Crippen LogP contribution in [0.4, 0.5) is 0 Å². The van der Waals surface area contributed by atoms with Gasteiger partial charge in [0.25, 0.3) is 0 Å². The minimum atomic E-state index is 0.138. The first-order valence-electron chi connectivity index (χ1n) is 9.12. The predicted octanol–water partition coefficient (Wildman–Crippen LogP) is 4.02. The highest BCUT2D eigenvalue weighted by Crippen LogP contribution is 2.22. The largest absolute Gasteiger partial charge is 0.353 e. The topological polar surface area (TPSA) is 46.9 Å². The van der Waals surface area contributed by atoms with Gasteiger partial charge < -0.3 is 5.32 Å². The van der Waals surface area contributed by atoms with Crippen molar-refractivity contribution in [3.05, 3.63) is 60.4 Å². The van der Waals surface area contributed by atoms with Crippen LogP contribution in [0.1, 0.15) is 37.9 Å². The maximum Gasteiger partial charge on any atom is 0.220 e. The standard InChI is InChI=1S/C21H23N3O/c25-21(22-16-8-4-5-9-16)15-14-20-23-18-12-6-7-13-19(18)24(20)17-10-2-1-3-11-17/h1-3,6-7,10-13,16H,4-5,8-9,14-15H2,(H,22,25). The predicted molar refractivity (Wildman–Crippen MR) is 99.8 cm³/mol. The molecule has 0 saturated heterocycles. The third-order valence-electron chi connectivity index (χ3n) is 4.94. The van der Waals surface area contributed by atoms with Crippen LogP contribution < -0.4 is 5.32 Å². The maximum absolute atomic E-state index is 12.3. The van der Waals surface area contributed by atoms with E-state index in [1.165, 1.54) is 12.8 Å². The molecule has 1 saturated carbocycles. The Morgan fingerprint density at radius 1 is 1.04 bits per heavy atom. The van der Waals surface area contributed by atoms with Crippen molar-refractivity contribution in [2.45, 2.75) is 44.6 Å². The summed E-state index contributed by atoms with van der Waals surface area (Å²) in [6, 6.07) is 18.7. The lowest BCUT2D eigenvalue weighted by Crippen LogP contribution is -2.32.